The zero-order valence-electron chi connectivity index (χ0n) is 21.1. The maximum absolute atomic E-state index is 13.7. The van der Waals surface area contributed by atoms with Crippen molar-refractivity contribution in [1.82, 2.24) is 9.88 Å². The summed E-state index contributed by atoms with van der Waals surface area (Å²) in [6.07, 6.45) is -0.598. The van der Waals surface area contributed by atoms with Gasteiger partial charge in [0.05, 0.1) is 24.2 Å². The molecule has 0 spiro atoms. The minimum Gasteiger partial charge on any atom is -0.473 e. The third-order valence-electron chi connectivity index (χ3n) is 6.42. The van der Waals surface area contributed by atoms with Gasteiger partial charge in [-0.3, -0.25) is 4.79 Å². The van der Waals surface area contributed by atoms with Crippen molar-refractivity contribution < 1.29 is 23.8 Å². The van der Waals surface area contributed by atoms with Crippen LogP contribution in [0.15, 0.2) is 42.5 Å². The van der Waals surface area contributed by atoms with Crippen LogP contribution in [0.25, 0.3) is 0 Å². The molecule has 4 rings (SSSR count). The van der Waals surface area contributed by atoms with Crippen LogP contribution >= 0.6 is 23.2 Å². The maximum Gasteiger partial charge on any atom is 0.339 e. The largest absolute Gasteiger partial charge is 0.473 e. The molecule has 1 amide bonds. The second-order valence-electron chi connectivity index (χ2n) is 8.87. The molecule has 7 nitrogen and oxygen atoms in total. The van der Waals surface area contributed by atoms with Crippen LogP contribution in [0.5, 0.6) is 5.88 Å². The molecular weight excluding hydrogens is 515 g/mol. The van der Waals surface area contributed by atoms with Gasteiger partial charge in [-0.25, -0.2) is 9.78 Å². The number of ether oxygens (including phenoxy) is 3. The minimum absolute atomic E-state index is 0.130. The number of nitrogens with zero attached hydrogens (tertiary/aromatic N) is 2. The van der Waals surface area contributed by atoms with Crippen molar-refractivity contribution in [1.29, 1.82) is 0 Å². The fourth-order valence-corrected chi connectivity index (χ4v) is 5.17. The Labute approximate surface area is 226 Å². The monoisotopic (exact) mass is 542 g/mol. The van der Waals surface area contributed by atoms with Gasteiger partial charge in [-0.15, -0.1) is 0 Å². The molecule has 0 saturated carbocycles. The van der Waals surface area contributed by atoms with Gasteiger partial charge in [0.2, 0.25) is 5.88 Å². The van der Waals surface area contributed by atoms with Crippen LogP contribution in [-0.2, 0) is 33.8 Å². The van der Waals surface area contributed by atoms with E-state index in [9.17, 15) is 9.59 Å². The standard InChI is InChI=1S/C28H28Cl2N2O5/c1-16-12-17(2)31-26(37-15-18-8-6-5-7-9-18)21(16)14-32-11-10-19-22(29)13-20(24(30)23(19)27(32)33)25(35-3)28(34)36-4/h5-9,12-13,25H,10-11,14-15H2,1-4H3. The van der Waals surface area contributed by atoms with Crippen LogP contribution in [0.1, 0.15) is 50.0 Å². The van der Waals surface area contributed by atoms with Gasteiger partial charge < -0.3 is 19.1 Å². The van der Waals surface area contributed by atoms with Gasteiger partial charge in [-0.1, -0.05) is 53.5 Å². The average molecular weight is 543 g/mol. The van der Waals surface area contributed by atoms with Crippen molar-refractivity contribution in [2.75, 3.05) is 20.8 Å². The molecule has 1 aromatic heterocycles. The number of carbonyl (C=O) groups is 2. The van der Waals surface area contributed by atoms with E-state index in [1.54, 1.807) is 11.0 Å². The van der Waals surface area contributed by atoms with E-state index < -0.39 is 12.1 Å². The minimum atomic E-state index is -1.11. The normalized spacial score (nSPS) is 13.8. The first-order valence-electron chi connectivity index (χ1n) is 11.8. The second kappa shape index (κ2) is 11.5. The fraction of sp³-hybridized carbons (Fsp3) is 0.321. The number of rotatable bonds is 8. The van der Waals surface area contributed by atoms with Crippen molar-refractivity contribution in [3.05, 3.63) is 91.6 Å². The fourth-order valence-electron chi connectivity index (χ4n) is 4.51. The molecule has 1 atom stereocenters. The number of aryl methyl sites for hydroxylation is 2. The number of hydrogen-bond acceptors (Lipinski definition) is 6. The Morgan fingerprint density at radius 2 is 1.86 bits per heavy atom. The van der Waals surface area contributed by atoms with E-state index >= 15 is 0 Å². The smallest absolute Gasteiger partial charge is 0.339 e. The van der Waals surface area contributed by atoms with Gasteiger partial charge in [-0.2, -0.15) is 0 Å². The second-order valence-corrected chi connectivity index (χ2v) is 9.65. The molecule has 0 bridgehead atoms. The molecule has 1 aliphatic rings. The molecule has 0 aliphatic carbocycles. The van der Waals surface area contributed by atoms with Crippen molar-refractivity contribution in [3.8, 4) is 5.88 Å². The lowest BCUT2D eigenvalue weighted by atomic mass is 9.94. The number of pyridine rings is 1. The van der Waals surface area contributed by atoms with E-state index in [0.29, 0.717) is 36.0 Å². The third kappa shape index (κ3) is 5.59. The summed E-state index contributed by atoms with van der Waals surface area (Å²) in [6.45, 7) is 4.97. The first-order valence-corrected chi connectivity index (χ1v) is 12.5. The Hall–Kier alpha value is -3.13. The number of amides is 1. The van der Waals surface area contributed by atoms with Gasteiger partial charge in [-0.05, 0) is 49.1 Å². The molecule has 0 N–H and O–H groups in total. The number of methoxy groups -OCH3 is 2. The van der Waals surface area contributed by atoms with E-state index in [1.807, 2.05) is 50.2 Å². The van der Waals surface area contributed by atoms with Crippen molar-refractivity contribution in [2.24, 2.45) is 0 Å². The number of benzene rings is 2. The molecule has 0 radical (unpaired) electrons. The Bertz CT molecular complexity index is 1330. The van der Waals surface area contributed by atoms with Crippen molar-refractivity contribution >= 4 is 35.1 Å². The number of halogens is 2. The summed E-state index contributed by atoms with van der Waals surface area (Å²) in [4.78, 5) is 32.3. The molecule has 194 valence electrons. The Morgan fingerprint density at radius 1 is 1.14 bits per heavy atom. The lowest BCUT2D eigenvalue weighted by Gasteiger charge is -2.31. The molecular formula is C28H28Cl2N2O5. The van der Waals surface area contributed by atoms with Gasteiger partial charge in [0, 0.05) is 35.5 Å². The highest BCUT2D eigenvalue weighted by atomic mass is 35.5. The third-order valence-corrected chi connectivity index (χ3v) is 7.16. The number of esters is 1. The van der Waals surface area contributed by atoms with Crippen LogP contribution < -0.4 is 4.74 Å². The Kier molecular flexibility index (Phi) is 8.37. The van der Waals surface area contributed by atoms with Crippen molar-refractivity contribution in [3.63, 3.8) is 0 Å². The summed E-state index contributed by atoms with van der Waals surface area (Å²) in [5.74, 6) is -0.436. The first kappa shape index (κ1) is 26.9. The van der Waals surface area contributed by atoms with Crippen molar-refractivity contribution in [2.45, 2.75) is 39.5 Å². The van der Waals surface area contributed by atoms with Crippen LogP contribution in [0, 0.1) is 13.8 Å². The SMILES string of the molecule is COC(=O)C(OC)c1cc(Cl)c2c(c1Cl)C(=O)N(Cc1c(C)cc(C)nc1OCc1ccccc1)CC2. The van der Waals surface area contributed by atoms with E-state index in [1.165, 1.54) is 14.2 Å². The molecule has 0 saturated heterocycles. The van der Waals surface area contributed by atoms with Crippen LogP contribution in [0.2, 0.25) is 10.0 Å². The summed E-state index contributed by atoms with van der Waals surface area (Å²) in [5, 5.41) is 0.485. The topological polar surface area (TPSA) is 78.0 Å². The quantitative estimate of drug-likeness (QED) is 0.342. The van der Waals surface area contributed by atoms with E-state index in [2.05, 4.69) is 4.98 Å². The number of carbonyl (C=O) groups excluding carboxylic acids is 2. The summed E-state index contributed by atoms with van der Waals surface area (Å²) >= 11 is 13.2. The molecule has 2 heterocycles. The highest BCUT2D eigenvalue weighted by Crippen LogP contribution is 2.39. The van der Waals surface area contributed by atoms with Crippen LogP contribution in [-0.4, -0.2) is 42.5 Å². The van der Waals surface area contributed by atoms with Gasteiger partial charge >= 0.3 is 5.97 Å². The summed E-state index contributed by atoms with van der Waals surface area (Å²) in [6, 6.07) is 13.4. The van der Waals surface area contributed by atoms with Crippen LogP contribution in [0.3, 0.4) is 0 Å². The number of fused-ring (bicyclic) bond motifs is 1. The van der Waals surface area contributed by atoms with Gasteiger partial charge in [0.25, 0.3) is 5.91 Å². The summed E-state index contributed by atoms with van der Waals surface area (Å²) < 4.78 is 16.3. The summed E-state index contributed by atoms with van der Waals surface area (Å²) in [5.41, 5.74) is 4.84. The molecule has 2 aromatic carbocycles. The zero-order valence-corrected chi connectivity index (χ0v) is 22.7. The Balaban J connectivity index is 1.66. The lowest BCUT2D eigenvalue weighted by Crippen LogP contribution is -2.38. The maximum atomic E-state index is 13.7. The predicted molar refractivity (Wildman–Crippen MR) is 141 cm³/mol. The molecule has 37 heavy (non-hydrogen) atoms. The van der Waals surface area contributed by atoms with Crippen LogP contribution in [0.4, 0.5) is 0 Å². The molecule has 0 fully saturated rings. The van der Waals surface area contributed by atoms with Gasteiger partial charge in [0.15, 0.2) is 6.10 Å². The zero-order chi connectivity index (χ0) is 26.7. The van der Waals surface area contributed by atoms with E-state index in [0.717, 1.165) is 22.4 Å². The first-order chi connectivity index (χ1) is 17.7. The molecule has 1 unspecified atom stereocenters. The number of hydrogen-bond donors (Lipinski definition) is 0. The van der Waals surface area contributed by atoms with E-state index in [4.69, 9.17) is 37.4 Å². The average Bonchev–Trinajstić information content (AvgIpc) is 2.89. The molecule has 9 heteroatoms. The van der Waals surface area contributed by atoms with E-state index in [-0.39, 0.29) is 28.6 Å². The Morgan fingerprint density at radius 3 is 2.54 bits per heavy atom. The molecule has 1 aliphatic heterocycles. The highest BCUT2D eigenvalue weighted by Gasteiger charge is 2.34. The van der Waals surface area contributed by atoms with Gasteiger partial charge in [0.1, 0.15) is 6.61 Å². The summed E-state index contributed by atoms with van der Waals surface area (Å²) in [7, 11) is 2.62. The lowest BCUT2D eigenvalue weighted by molar-refractivity contribution is -0.152. The predicted octanol–water partition coefficient (Wildman–Crippen LogP) is 5.64. The molecule has 3 aromatic rings. The highest BCUT2D eigenvalue weighted by molar-refractivity contribution is 6.37. The number of aromatic nitrogens is 1.